The van der Waals surface area contributed by atoms with E-state index in [1.807, 2.05) is 0 Å². The molecule has 1 aromatic rings. The highest BCUT2D eigenvalue weighted by atomic mass is 35.5. The highest BCUT2D eigenvalue weighted by Crippen LogP contribution is 2.21. The molecule has 18 heavy (non-hydrogen) atoms. The first-order chi connectivity index (χ1) is 8.27. The topological polar surface area (TPSA) is 46.2 Å². The molecule has 0 atom stereocenters. The summed E-state index contributed by atoms with van der Waals surface area (Å²) < 4.78 is 13.8. The van der Waals surface area contributed by atoms with E-state index in [0.717, 1.165) is 0 Å². The lowest BCUT2D eigenvalue weighted by Gasteiger charge is -2.18. The SMILES string of the molecule is CC(C)(C)C(=O)NCc1ccc(Cl)c(C=O)c1F. The molecule has 0 unspecified atom stereocenters. The van der Waals surface area contributed by atoms with Crippen LogP contribution < -0.4 is 5.32 Å². The molecule has 0 saturated heterocycles. The van der Waals surface area contributed by atoms with Gasteiger partial charge < -0.3 is 5.32 Å². The van der Waals surface area contributed by atoms with Crippen molar-refractivity contribution in [2.75, 3.05) is 0 Å². The number of nitrogens with one attached hydrogen (secondary N) is 1. The van der Waals surface area contributed by atoms with E-state index >= 15 is 0 Å². The Balaban J connectivity index is 2.87. The van der Waals surface area contributed by atoms with E-state index in [-0.39, 0.29) is 28.6 Å². The first-order valence-corrected chi connectivity index (χ1v) is 5.85. The van der Waals surface area contributed by atoms with Crippen LogP contribution in [-0.2, 0) is 11.3 Å². The van der Waals surface area contributed by atoms with E-state index in [1.54, 1.807) is 20.8 Å². The zero-order chi connectivity index (χ0) is 13.9. The minimum atomic E-state index is -0.688. The Kier molecular flexibility index (Phi) is 4.46. The van der Waals surface area contributed by atoms with Crippen LogP contribution >= 0.6 is 11.6 Å². The molecule has 1 N–H and O–H groups in total. The third kappa shape index (κ3) is 3.29. The van der Waals surface area contributed by atoms with Crippen molar-refractivity contribution < 1.29 is 14.0 Å². The molecule has 1 aromatic carbocycles. The number of carbonyl (C=O) groups is 2. The lowest BCUT2D eigenvalue weighted by molar-refractivity contribution is -0.128. The first-order valence-electron chi connectivity index (χ1n) is 5.47. The van der Waals surface area contributed by atoms with Crippen molar-refractivity contribution in [3.8, 4) is 0 Å². The van der Waals surface area contributed by atoms with Gasteiger partial charge in [-0.25, -0.2) is 4.39 Å². The van der Waals surface area contributed by atoms with Crippen LogP contribution in [0.1, 0.15) is 36.7 Å². The van der Waals surface area contributed by atoms with Crippen LogP contribution in [0.15, 0.2) is 12.1 Å². The first kappa shape index (κ1) is 14.6. The second-order valence-electron chi connectivity index (χ2n) is 4.98. The van der Waals surface area contributed by atoms with Gasteiger partial charge in [0.05, 0.1) is 10.6 Å². The Morgan fingerprint density at radius 1 is 1.44 bits per heavy atom. The normalized spacial score (nSPS) is 11.2. The average molecular weight is 272 g/mol. The Hall–Kier alpha value is -1.42. The summed E-state index contributed by atoms with van der Waals surface area (Å²) in [7, 11) is 0. The predicted octanol–water partition coefficient (Wildman–Crippen LogP) is 2.95. The van der Waals surface area contributed by atoms with Crippen molar-refractivity contribution in [2.24, 2.45) is 5.41 Å². The summed E-state index contributed by atoms with van der Waals surface area (Å²) in [5, 5.41) is 2.68. The lowest BCUT2D eigenvalue weighted by atomic mass is 9.95. The minimum absolute atomic E-state index is 0.0277. The maximum Gasteiger partial charge on any atom is 0.225 e. The third-order valence-electron chi connectivity index (χ3n) is 2.44. The van der Waals surface area contributed by atoms with Gasteiger partial charge in [-0.05, 0) is 6.07 Å². The van der Waals surface area contributed by atoms with Crippen molar-refractivity contribution in [2.45, 2.75) is 27.3 Å². The number of hydrogen-bond acceptors (Lipinski definition) is 2. The molecule has 5 heteroatoms. The molecular weight excluding hydrogens is 257 g/mol. The number of hydrogen-bond donors (Lipinski definition) is 1. The molecule has 1 rings (SSSR count). The van der Waals surface area contributed by atoms with Crippen molar-refractivity contribution in [1.29, 1.82) is 0 Å². The molecule has 1 amide bonds. The average Bonchev–Trinajstić information content (AvgIpc) is 2.27. The van der Waals surface area contributed by atoms with Crippen molar-refractivity contribution in [1.82, 2.24) is 5.32 Å². The number of rotatable bonds is 3. The zero-order valence-corrected chi connectivity index (χ0v) is 11.3. The van der Waals surface area contributed by atoms with E-state index in [9.17, 15) is 14.0 Å². The zero-order valence-electron chi connectivity index (χ0n) is 10.5. The monoisotopic (exact) mass is 271 g/mol. The molecule has 0 heterocycles. The summed E-state index contributed by atoms with van der Waals surface area (Å²) in [4.78, 5) is 22.3. The van der Waals surface area contributed by atoms with Crippen LogP contribution in [0.2, 0.25) is 5.02 Å². The fraction of sp³-hybridized carbons (Fsp3) is 0.385. The Morgan fingerprint density at radius 2 is 2.06 bits per heavy atom. The van der Waals surface area contributed by atoms with E-state index in [0.29, 0.717) is 6.29 Å². The van der Waals surface area contributed by atoms with Gasteiger partial charge in [-0.3, -0.25) is 9.59 Å². The summed E-state index contributed by atoms with van der Waals surface area (Å²) in [5.74, 6) is -0.879. The summed E-state index contributed by atoms with van der Waals surface area (Å²) in [6.07, 6.45) is 0.368. The number of amides is 1. The van der Waals surface area contributed by atoms with Gasteiger partial charge in [0.2, 0.25) is 5.91 Å². The number of benzene rings is 1. The molecule has 0 bridgehead atoms. The maximum atomic E-state index is 13.8. The number of aldehydes is 1. The molecule has 0 saturated carbocycles. The lowest BCUT2D eigenvalue weighted by Crippen LogP contribution is -2.34. The van der Waals surface area contributed by atoms with Crippen LogP contribution in [-0.4, -0.2) is 12.2 Å². The Morgan fingerprint density at radius 3 is 2.56 bits per heavy atom. The molecule has 0 aliphatic carbocycles. The molecule has 0 aromatic heterocycles. The standard InChI is InChI=1S/C13H15ClFNO2/c1-13(2,3)12(18)16-6-8-4-5-10(14)9(7-17)11(8)15/h4-5,7H,6H2,1-3H3,(H,16,18). The van der Waals surface area contributed by atoms with Gasteiger partial charge in [0.15, 0.2) is 6.29 Å². The van der Waals surface area contributed by atoms with Crippen LogP contribution in [0.4, 0.5) is 4.39 Å². The van der Waals surface area contributed by atoms with E-state index in [1.165, 1.54) is 12.1 Å². The highest BCUT2D eigenvalue weighted by molar-refractivity contribution is 6.33. The highest BCUT2D eigenvalue weighted by Gasteiger charge is 2.21. The van der Waals surface area contributed by atoms with E-state index < -0.39 is 11.2 Å². The second kappa shape index (κ2) is 5.48. The summed E-state index contributed by atoms with van der Waals surface area (Å²) in [6, 6.07) is 2.89. The molecular formula is C13H15ClFNO2. The van der Waals surface area contributed by atoms with Crippen LogP contribution in [0.3, 0.4) is 0 Å². The Bertz CT molecular complexity index is 481. The fourth-order valence-corrected chi connectivity index (χ4v) is 1.49. The van der Waals surface area contributed by atoms with Gasteiger partial charge in [0.1, 0.15) is 5.82 Å². The van der Waals surface area contributed by atoms with Gasteiger partial charge in [0.25, 0.3) is 0 Å². The fourth-order valence-electron chi connectivity index (χ4n) is 1.30. The maximum absolute atomic E-state index is 13.8. The van der Waals surface area contributed by atoms with Crippen molar-refractivity contribution >= 4 is 23.8 Å². The van der Waals surface area contributed by atoms with Gasteiger partial charge in [-0.15, -0.1) is 0 Å². The van der Waals surface area contributed by atoms with Gasteiger partial charge in [-0.2, -0.15) is 0 Å². The van der Waals surface area contributed by atoms with Crippen LogP contribution in [0.25, 0.3) is 0 Å². The molecule has 0 spiro atoms. The summed E-state index contributed by atoms with van der Waals surface area (Å²) in [5.41, 5.74) is -0.491. The minimum Gasteiger partial charge on any atom is -0.351 e. The van der Waals surface area contributed by atoms with E-state index in [2.05, 4.69) is 5.32 Å². The van der Waals surface area contributed by atoms with Crippen LogP contribution in [0, 0.1) is 11.2 Å². The van der Waals surface area contributed by atoms with Gasteiger partial charge in [-0.1, -0.05) is 38.4 Å². The molecule has 3 nitrogen and oxygen atoms in total. The van der Waals surface area contributed by atoms with Gasteiger partial charge >= 0.3 is 0 Å². The molecule has 98 valence electrons. The third-order valence-corrected chi connectivity index (χ3v) is 2.77. The van der Waals surface area contributed by atoms with Crippen LogP contribution in [0.5, 0.6) is 0 Å². The smallest absolute Gasteiger partial charge is 0.225 e. The largest absolute Gasteiger partial charge is 0.351 e. The Labute approximate surface area is 110 Å². The molecule has 0 aliphatic rings. The molecule has 0 aliphatic heterocycles. The summed E-state index contributed by atoms with van der Waals surface area (Å²) in [6.45, 7) is 5.31. The number of halogens is 2. The summed E-state index contributed by atoms with van der Waals surface area (Å²) >= 11 is 5.68. The van der Waals surface area contributed by atoms with Crippen molar-refractivity contribution in [3.63, 3.8) is 0 Å². The van der Waals surface area contributed by atoms with E-state index in [4.69, 9.17) is 11.6 Å². The molecule has 0 radical (unpaired) electrons. The van der Waals surface area contributed by atoms with Gasteiger partial charge in [0, 0.05) is 17.5 Å². The van der Waals surface area contributed by atoms with Crippen molar-refractivity contribution in [3.05, 3.63) is 34.1 Å². The predicted molar refractivity (Wildman–Crippen MR) is 68.1 cm³/mol. The molecule has 0 fully saturated rings. The quantitative estimate of drug-likeness (QED) is 0.859. The number of carbonyl (C=O) groups excluding carboxylic acids is 2. The second-order valence-corrected chi connectivity index (χ2v) is 5.39.